The molecule has 4 heteroatoms. The SMILES string of the molecule is CC1=Cc2c(ccc(C)c2-c2cc(C(C)(C)C)cc(C(C)(C)C)c2)[CH]1[Zr]([CH3])([CH3])(=[SiH2])[CH]1C(C)=Cc2c1ccc(C)c2-c1cc(C(C)(C)C)cc(C(C)(C)C)c1.Cl.Cl. The molecule has 0 nitrogen and oxygen atoms in total. The van der Waals surface area contributed by atoms with Gasteiger partial charge in [-0.15, -0.1) is 24.8 Å². The number of aryl methyl sites for hydroxylation is 2. The van der Waals surface area contributed by atoms with Gasteiger partial charge in [-0.05, 0) is 0 Å². The van der Waals surface area contributed by atoms with E-state index in [0.717, 1.165) is 0 Å². The summed E-state index contributed by atoms with van der Waals surface area (Å²) in [6.45, 7) is 40.3. The Balaban J connectivity index is 0.00000348. The first-order valence-electron chi connectivity index (χ1n) is 20.5. The molecule has 0 bridgehead atoms. The molecule has 0 radical (unpaired) electrons. The fourth-order valence-electron chi connectivity index (χ4n) is 10.1. The summed E-state index contributed by atoms with van der Waals surface area (Å²) in [6.07, 6.45) is 5.19. The van der Waals surface area contributed by atoms with Crippen LogP contribution in [0.15, 0.2) is 71.8 Å². The second kappa shape index (κ2) is 14.9. The van der Waals surface area contributed by atoms with Crippen molar-refractivity contribution >= 4 is 43.8 Å². The number of benzene rings is 4. The molecule has 302 valence electrons. The van der Waals surface area contributed by atoms with Crippen molar-refractivity contribution in [2.75, 3.05) is 0 Å². The Hall–Kier alpha value is -1.96. The molecule has 0 amide bonds. The Labute approximate surface area is 357 Å². The van der Waals surface area contributed by atoms with Gasteiger partial charge in [0.05, 0.1) is 0 Å². The maximum atomic E-state index is 2.78. The smallest absolute Gasteiger partial charge is 0.147 e. The Bertz CT molecular complexity index is 2110. The molecule has 0 saturated carbocycles. The summed E-state index contributed by atoms with van der Waals surface area (Å²) in [7, 11) is 0. The average Bonchev–Trinajstić information content (AvgIpc) is 3.55. The molecule has 0 saturated heterocycles. The van der Waals surface area contributed by atoms with E-state index in [0.29, 0.717) is 7.25 Å². The van der Waals surface area contributed by atoms with E-state index in [1.165, 1.54) is 66.8 Å². The van der Waals surface area contributed by atoms with E-state index < -0.39 is 17.4 Å². The van der Waals surface area contributed by atoms with Crippen LogP contribution in [0.25, 0.3) is 34.4 Å². The Morgan fingerprint density at radius 3 is 0.964 bits per heavy atom. The van der Waals surface area contributed by atoms with Gasteiger partial charge in [0.2, 0.25) is 0 Å². The summed E-state index contributed by atoms with van der Waals surface area (Å²) in [5.74, 6) is 0. The van der Waals surface area contributed by atoms with Gasteiger partial charge in [-0.3, -0.25) is 0 Å². The van der Waals surface area contributed by atoms with Gasteiger partial charge in [0.1, 0.15) is 0 Å². The molecule has 6 rings (SSSR count). The molecular weight excluding hydrogens is 815 g/mol. The van der Waals surface area contributed by atoms with Gasteiger partial charge in [-0.25, -0.2) is 0 Å². The van der Waals surface area contributed by atoms with Crippen molar-refractivity contribution in [3.8, 4) is 22.3 Å². The zero-order valence-electron chi connectivity index (χ0n) is 38.1. The molecule has 0 heterocycles. The van der Waals surface area contributed by atoms with Crippen LogP contribution in [0.2, 0.25) is 9.26 Å². The molecule has 4 aromatic carbocycles. The molecule has 2 aliphatic carbocycles. The molecule has 0 aliphatic heterocycles. The van der Waals surface area contributed by atoms with Gasteiger partial charge in [0, 0.05) is 0 Å². The number of hydrogen-bond acceptors (Lipinski definition) is 0. The van der Waals surface area contributed by atoms with Gasteiger partial charge in [-0.1, -0.05) is 0 Å². The minimum atomic E-state index is -3.76. The predicted octanol–water partition coefficient (Wildman–Crippen LogP) is 15.6. The van der Waals surface area contributed by atoms with Crippen LogP contribution in [-0.4, -0.2) is 6.88 Å². The third-order valence-corrected chi connectivity index (χ3v) is 31.0. The van der Waals surface area contributed by atoms with Gasteiger partial charge in [0.25, 0.3) is 0 Å². The van der Waals surface area contributed by atoms with E-state index in [-0.39, 0.29) is 46.5 Å². The first-order valence-corrected chi connectivity index (χ1v) is 34.2. The maximum Gasteiger partial charge on any atom is -0.147 e. The Morgan fingerprint density at radius 1 is 0.446 bits per heavy atom. The van der Waals surface area contributed by atoms with Gasteiger partial charge in [-0.2, -0.15) is 0 Å². The average molecular weight is 887 g/mol. The van der Waals surface area contributed by atoms with Gasteiger partial charge >= 0.3 is 335 Å². The molecule has 2 aliphatic rings. The first kappa shape index (κ1) is 46.7. The second-order valence-electron chi connectivity index (χ2n) is 22.7. The van der Waals surface area contributed by atoms with E-state index in [2.05, 4.69) is 200 Å². The zero-order valence-corrected chi connectivity index (χ0v) is 43.6. The normalized spacial score (nSPS) is 17.4. The standard InChI is InChI=1S/2C25H31.2CH3.2ClH.H2Si.Zr/c2*1-16-11-18-10-9-17(2)23(22(18)12-16)19-13-20(24(3,4)5)15-21(14-19)25(6,7)8;;;;;;/h2*9-15H,1-8H3;2*1H3;2*1H;1H2;. The largest absolute Gasteiger partial charge is 0.147 e. The van der Waals surface area contributed by atoms with Crippen LogP contribution in [0, 0.1) is 13.8 Å². The molecule has 2 unspecified atom stereocenters. The van der Waals surface area contributed by atoms with Crippen molar-refractivity contribution in [3.63, 3.8) is 0 Å². The van der Waals surface area contributed by atoms with E-state index in [4.69, 9.17) is 0 Å². The fraction of sp³-hybridized carbons (Fsp3) is 0.462. The Morgan fingerprint density at radius 2 is 0.714 bits per heavy atom. The molecule has 0 fully saturated rings. The van der Waals surface area contributed by atoms with Crippen LogP contribution >= 0.6 is 24.8 Å². The monoisotopic (exact) mass is 884 g/mol. The van der Waals surface area contributed by atoms with Gasteiger partial charge < -0.3 is 0 Å². The summed E-state index contributed by atoms with van der Waals surface area (Å²) in [5.41, 5.74) is 23.5. The summed E-state index contributed by atoms with van der Waals surface area (Å²) < 4.78 is 6.52. The maximum absolute atomic E-state index is 3.76. The minimum Gasteiger partial charge on any atom is -0.147 e. The van der Waals surface area contributed by atoms with Crippen molar-refractivity contribution < 1.29 is 17.4 Å². The summed E-state index contributed by atoms with van der Waals surface area (Å²) in [4.78, 5) is 0. The minimum absolute atomic E-state index is 0. The Kier molecular flexibility index (Phi) is 12.5. The number of fused-ring (bicyclic) bond motifs is 2. The number of halogens is 2. The summed E-state index contributed by atoms with van der Waals surface area (Å²) in [6, 6.07) is 24.8. The third-order valence-electron chi connectivity index (χ3n) is 13.1. The molecule has 0 spiro atoms. The predicted molar refractivity (Wildman–Crippen MR) is 256 cm³/mol. The van der Waals surface area contributed by atoms with E-state index >= 15 is 0 Å². The second-order valence-corrected chi connectivity index (χ2v) is 53.2. The van der Waals surface area contributed by atoms with Crippen molar-refractivity contribution in [1.82, 2.24) is 0 Å². The third kappa shape index (κ3) is 8.27. The van der Waals surface area contributed by atoms with Crippen LogP contribution in [0.1, 0.15) is 160 Å². The van der Waals surface area contributed by atoms with Gasteiger partial charge in [0.15, 0.2) is 0 Å². The fourth-order valence-corrected chi connectivity index (χ4v) is 31.4. The summed E-state index contributed by atoms with van der Waals surface area (Å²) >= 11 is -3.76. The van der Waals surface area contributed by atoms with Crippen LogP contribution in [0.3, 0.4) is 0 Å². The zero-order chi connectivity index (χ0) is 40.3. The number of rotatable bonds is 4. The van der Waals surface area contributed by atoms with Crippen LogP contribution in [-0.2, 0) is 39.1 Å². The molecule has 56 heavy (non-hydrogen) atoms. The van der Waals surface area contributed by atoms with Crippen molar-refractivity contribution in [1.29, 1.82) is 0 Å². The number of allylic oxidation sites excluding steroid dienone is 2. The molecule has 2 atom stereocenters. The van der Waals surface area contributed by atoms with E-state index in [1.807, 2.05) is 0 Å². The topological polar surface area (TPSA) is 0 Å². The van der Waals surface area contributed by atoms with E-state index in [9.17, 15) is 0 Å². The number of hydrogen-bond donors (Lipinski definition) is 0. The van der Waals surface area contributed by atoms with Crippen LogP contribution in [0.5, 0.6) is 0 Å². The quantitative estimate of drug-likeness (QED) is 0.179. The van der Waals surface area contributed by atoms with Crippen molar-refractivity contribution in [3.05, 3.63) is 127 Å². The summed E-state index contributed by atoms with van der Waals surface area (Å²) in [5, 5.41) is 0. The van der Waals surface area contributed by atoms with Crippen LogP contribution in [0.4, 0.5) is 0 Å². The molecule has 4 aromatic rings. The first-order chi connectivity index (χ1) is 24.5. The van der Waals surface area contributed by atoms with Crippen molar-refractivity contribution in [2.24, 2.45) is 0 Å². The van der Waals surface area contributed by atoms with E-state index in [1.54, 1.807) is 22.3 Å². The molecule has 0 aromatic heterocycles. The van der Waals surface area contributed by atoms with Crippen LogP contribution < -0.4 is 0 Å². The molecular formula is C52H72Cl2SiZr. The van der Waals surface area contributed by atoms with Crippen molar-refractivity contribution in [2.45, 2.75) is 149 Å². The molecule has 0 N–H and O–H groups in total.